The molecule has 2 aliphatic rings. The normalized spacial score (nSPS) is 24.3. The summed E-state index contributed by atoms with van der Waals surface area (Å²) in [6, 6.07) is 5.16. The highest BCUT2D eigenvalue weighted by atomic mass is 79.9. The van der Waals surface area contributed by atoms with Gasteiger partial charge < -0.3 is 5.32 Å². The molecule has 2 N–H and O–H groups in total. The minimum absolute atomic E-state index is 0.327. The van der Waals surface area contributed by atoms with Crippen LogP contribution in [0.2, 0.25) is 0 Å². The van der Waals surface area contributed by atoms with E-state index in [2.05, 4.69) is 26.0 Å². The fourth-order valence-electron chi connectivity index (χ4n) is 2.19. The minimum atomic E-state index is -3.36. The van der Waals surface area contributed by atoms with Crippen LogP contribution in [0.1, 0.15) is 19.3 Å². The maximum Gasteiger partial charge on any atom is 0.244 e. The summed E-state index contributed by atoms with van der Waals surface area (Å²) in [6.45, 7) is 0. The zero-order valence-electron chi connectivity index (χ0n) is 8.46. The van der Waals surface area contributed by atoms with E-state index in [0.717, 1.165) is 23.7 Å². The molecule has 1 saturated carbocycles. The molecule has 6 heteroatoms. The molecule has 1 aliphatic carbocycles. The molecule has 0 atom stereocenters. The molecule has 3 rings (SSSR count). The number of fused-ring (bicyclic) bond motifs is 1. The van der Waals surface area contributed by atoms with E-state index in [0.29, 0.717) is 10.6 Å². The molecule has 0 unspecified atom stereocenters. The molecule has 1 fully saturated rings. The van der Waals surface area contributed by atoms with Crippen LogP contribution in [-0.4, -0.2) is 14.1 Å². The van der Waals surface area contributed by atoms with E-state index in [1.54, 1.807) is 12.1 Å². The van der Waals surface area contributed by atoms with E-state index in [1.165, 1.54) is 0 Å². The quantitative estimate of drug-likeness (QED) is 0.771. The third-order valence-electron chi connectivity index (χ3n) is 3.14. The van der Waals surface area contributed by atoms with Crippen molar-refractivity contribution < 1.29 is 8.42 Å². The third-order valence-corrected chi connectivity index (χ3v) is 5.23. The molecule has 4 nitrogen and oxygen atoms in total. The lowest BCUT2D eigenvalue weighted by Gasteiger charge is -2.46. The number of hydrogen-bond acceptors (Lipinski definition) is 3. The first kappa shape index (κ1) is 10.6. The van der Waals surface area contributed by atoms with Gasteiger partial charge in [-0.15, -0.1) is 0 Å². The average molecular weight is 303 g/mol. The second-order valence-electron chi connectivity index (χ2n) is 4.31. The Kier molecular flexibility index (Phi) is 2.12. The Bertz CT molecular complexity index is 552. The van der Waals surface area contributed by atoms with Crippen molar-refractivity contribution >= 4 is 31.6 Å². The Morgan fingerprint density at radius 2 is 2.06 bits per heavy atom. The lowest BCUT2D eigenvalue weighted by atomic mass is 9.85. The minimum Gasteiger partial charge on any atom is -0.365 e. The Labute approximate surface area is 103 Å². The van der Waals surface area contributed by atoms with E-state index >= 15 is 0 Å². The van der Waals surface area contributed by atoms with Crippen LogP contribution in [0.3, 0.4) is 0 Å². The average Bonchev–Trinajstić information content (AvgIpc) is 2.13. The SMILES string of the molecule is O=S1(=O)NC2(CCC2)Nc2cc(Br)ccc21. The molecule has 86 valence electrons. The molecule has 1 aromatic rings. The molecule has 16 heavy (non-hydrogen) atoms. The third kappa shape index (κ3) is 1.48. The number of anilines is 1. The van der Waals surface area contributed by atoms with Gasteiger partial charge >= 0.3 is 0 Å². The monoisotopic (exact) mass is 302 g/mol. The second-order valence-corrected chi connectivity index (χ2v) is 6.87. The van der Waals surface area contributed by atoms with E-state index in [4.69, 9.17) is 0 Å². The van der Waals surface area contributed by atoms with Crippen LogP contribution in [0.5, 0.6) is 0 Å². The van der Waals surface area contributed by atoms with Gasteiger partial charge in [0.2, 0.25) is 10.0 Å². The van der Waals surface area contributed by atoms with Gasteiger partial charge in [0.25, 0.3) is 0 Å². The van der Waals surface area contributed by atoms with Crippen LogP contribution < -0.4 is 10.0 Å². The van der Waals surface area contributed by atoms with E-state index in [1.807, 2.05) is 6.07 Å². The summed E-state index contributed by atoms with van der Waals surface area (Å²) in [5, 5.41) is 3.29. The van der Waals surface area contributed by atoms with Crippen LogP contribution in [0.25, 0.3) is 0 Å². The molecule has 1 heterocycles. The highest BCUT2D eigenvalue weighted by molar-refractivity contribution is 9.10. The van der Waals surface area contributed by atoms with Crippen molar-refractivity contribution in [1.82, 2.24) is 4.72 Å². The molecule has 0 saturated heterocycles. The predicted octanol–water partition coefficient (Wildman–Crippen LogP) is 2.03. The molecule has 0 amide bonds. The molecular weight excluding hydrogens is 292 g/mol. The van der Waals surface area contributed by atoms with E-state index in [9.17, 15) is 8.42 Å². The van der Waals surface area contributed by atoms with E-state index in [-0.39, 0.29) is 0 Å². The highest BCUT2D eigenvalue weighted by Crippen LogP contribution is 2.40. The predicted molar refractivity (Wildman–Crippen MR) is 64.7 cm³/mol. The van der Waals surface area contributed by atoms with Gasteiger partial charge in [0.1, 0.15) is 10.6 Å². The topological polar surface area (TPSA) is 58.2 Å². The summed E-state index contributed by atoms with van der Waals surface area (Å²) in [4.78, 5) is 0.327. The summed E-state index contributed by atoms with van der Waals surface area (Å²) < 4.78 is 27.7. The van der Waals surface area contributed by atoms with Crippen molar-refractivity contribution in [3.05, 3.63) is 22.7 Å². The van der Waals surface area contributed by atoms with Gasteiger partial charge in [-0.1, -0.05) is 15.9 Å². The zero-order chi connectivity index (χ0) is 11.4. The first-order chi connectivity index (χ1) is 7.51. The van der Waals surface area contributed by atoms with Gasteiger partial charge in [-0.2, -0.15) is 4.72 Å². The molecule has 1 aromatic carbocycles. The highest BCUT2D eigenvalue weighted by Gasteiger charge is 2.45. The summed E-state index contributed by atoms with van der Waals surface area (Å²) in [5.41, 5.74) is 0.250. The van der Waals surface area contributed by atoms with Gasteiger partial charge in [-0.05, 0) is 37.5 Å². The number of benzene rings is 1. The van der Waals surface area contributed by atoms with Crippen LogP contribution in [-0.2, 0) is 10.0 Å². The fraction of sp³-hybridized carbons (Fsp3) is 0.400. The number of sulfonamides is 1. The van der Waals surface area contributed by atoms with Gasteiger partial charge in [-0.25, -0.2) is 8.42 Å². The number of halogens is 1. The van der Waals surface area contributed by atoms with Crippen molar-refractivity contribution in [2.75, 3.05) is 5.32 Å². The van der Waals surface area contributed by atoms with Crippen LogP contribution >= 0.6 is 15.9 Å². The fourth-order valence-corrected chi connectivity index (χ4v) is 4.07. The van der Waals surface area contributed by atoms with Gasteiger partial charge in [0.05, 0.1) is 5.69 Å². The molecule has 0 radical (unpaired) electrons. The summed E-state index contributed by atoms with van der Waals surface area (Å²) in [7, 11) is -3.36. The zero-order valence-corrected chi connectivity index (χ0v) is 10.9. The smallest absolute Gasteiger partial charge is 0.244 e. The number of rotatable bonds is 0. The standard InChI is InChI=1S/C10H11BrN2O2S/c11-7-2-3-9-8(6-7)12-10(4-1-5-10)13-16(9,14)15/h2-3,6,12-13H,1,4-5H2. The van der Waals surface area contributed by atoms with Crippen molar-refractivity contribution in [2.45, 2.75) is 29.8 Å². The lowest BCUT2D eigenvalue weighted by molar-refractivity contribution is 0.255. The van der Waals surface area contributed by atoms with Crippen LogP contribution in [0.15, 0.2) is 27.6 Å². The van der Waals surface area contributed by atoms with Gasteiger partial charge in [-0.3, -0.25) is 0 Å². The molecule has 0 bridgehead atoms. The Morgan fingerprint density at radius 1 is 1.31 bits per heavy atom. The summed E-state index contributed by atoms with van der Waals surface area (Å²) >= 11 is 3.35. The van der Waals surface area contributed by atoms with Gasteiger partial charge in [0.15, 0.2) is 0 Å². The lowest BCUT2D eigenvalue weighted by Crippen LogP contribution is -2.61. The number of nitrogens with one attached hydrogen (secondary N) is 2. The van der Waals surface area contributed by atoms with E-state index < -0.39 is 15.7 Å². The van der Waals surface area contributed by atoms with Crippen molar-refractivity contribution in [3.8, 4) is 0 Å². The maximum atomic E-state index is 12.0. The number of hydrogen-bond donors (Lipinski definition) is 2. The molecule has 1 aliphatic heterocycles. The Hall–Kier alpha value is -0.590. The Morgan fingerprint density at radius 3 is 2.69 bits per heavy atom. The first-order valence-electron chi connectivity index (χ1n) is 5.13. The van der Waals surface area contributed by atoms with Crippen LogP contribution in [0.4, 0.5) is 5.69 Å². The summed E-state index contributed by atoms with van der Waals surface area (Å²) in [5.74, 6) is 0. The molecule has 0 aromatic heterocycles. The maximum absolute atomic E-state index is 12.0. The second kappa shape index (κ2) is 3.21. The van der Waals surface area contributed by atoms with Crippen molar-refractivity contribution in [3.63, 3.8) is 0 Å². The molecule has 1 spiro atoms. The molecular formula is C10H11BrN2O2S. The first-order valence-corrected chi connectivity index (χ1v) is 7.40. The largest absolute Gasteiger partial charge is 0.365 e. The van der Waals surface area contributed by atoms with Crippen molar-refractivity contribution in [2.24, 2.45) is 0 Å². The summed E-state index contributed by atoms with van der Waals surface area (Å²) in [6.07, 6.45) is 2.75. The van der Waals surface area contributed by atoms with Gasteiger partial charge in [0, 0.05) is 4.47 Å². The van der Waals surface area contributed by atoms with Crippen molar-refractivity contribution in [1.29, 1.82) is 0 Å². The van der Waals surface area contributed by atoms with Crippen LogP contribution in [0, 0.1) is 0 Å². The Balaban J connectivity index is 2.16.